The first kappa shape index (κ1) is 20.8. The standard InChI is InChI=1S/C23H30N2O2Se/c1-23(2,3)18-10-12-19(13-11-18)28-21-9-6-5-8-20(21)24-14-7-15-25(17-16-24)22(26)27-4/h5-6,8-13H,7,14-17H2,1-4H3. The van der Waals surface area contributed by atoms with Crippen LogP contribution in [0.3, 0.4) is 0 Å². The predicted octanol–water partition coefficient (Wildman–Crippen LogP) is 2.92. The van der Waals surface area contributed by atoms with Gasteiger partial charge in [-0.15, -0.1) is 0 Å². The first-order valence-electron chi connectivity index (χ1n) is 9.84. The molecule has 3 rings (SSSR count). The van der Waals surface area contributed by atoms with Crippen LogP contribution >= 0.6 is 0 Å². The molecule has 28 heavy (non-hydrogen) atoms. The molecule has 0 radical (unpaired) electrons. The van der Waals surface area contributed by atoms with Gasteiger partial charge in [-0.05, 0) is 0 Å². The third-order valence-corrected chi connectivity index (χ3v) is 7.33. The first-order valence-corrected chi connectivity index (χ1v) is 11.5. The summed E-state index contributed by atoms with van der Waals surface area (Å²) in [5, 5.41) is 0. The fourth-order valence-corrected chi connectivity index (χ4v) is 5.47. The minimum atomic E-state index is -0.224. The molecule has 4 nitrogen and oxygen atoms in total. The number of hydrogen-bond acceptors (Lipinski definition) is 3. The van der Waals surface area contributed by atoms with Crippen molar-refractivity contribution in [3.63, 3.8) is 0 Å². The summed E-state index contributed by atoms with van der Waals surface area (Å²) in [6.45, 7) is 10.0. The molecule has 0 spiro atoms. The van der Waals surface area contributed by atoms with Crippen LogP contribution in [-0.4, -0.2) is 59.2 Å². The predicted molar refractivity (Wildman–Crippen MR) is 117 cm³/mol. The molecule has 0 unspecified atom stereocenters. The molecule has 5 heteroatoms. The van der Waals surface area contributed by atoms with Crippen LogP contribution in [0, 0.1) is 0 Å². The van der Waals surface area contributed by atoms with Crippen LogP contribution < -0.4 is 13.8 Å². The van der Waals surface area contributed by atoms with Crippen molar-refractivity contribution in [2.75, 3.05) is 38.2 Å². The molecule has 1 heterocycles. The van der Waals surface area contributed by atoms with Gasteiger partial charge in [0.15, 0.2) is 0 Å². The normalized spacial score (nSPS) is 15.3. The van der Waals surface area contributed by atoms with E-state index in [1.807, 2.05) is 0 Å². The summed E-state index contributed by atoms with van der Waals surface area (Å²) in [5.41, 5.74) is 2.85. The van der Waals surface area contributed by atoms with Gasteiger partial charge in [0.1, 0.15) is 0 Å². The molecular formula is C23H30N2O2Se. The van der Waals surface area contributed by atoms with Crippen molar-refractivity contribution in [1.82, 2.24) is 4.90 Å². The topological polar surface area (TPSA) is 32.8 Å². The Kier molecular flexibility index (Phi) is 6.69. The van der Waals surface area contributed by atoms with Crippen LogP contribution in [0.15, 0.2) is 48.5 Å². The number of anilines is 1. The zero-order valence-corrected chi connectivity index (χ0v) is 19.0. The van der Waals surface area contributed by atoms with Crippen molar-refractivity contribution >= 4 is 35.7 Å². The minimum absolute atomic E-state index is 0.182. The maximum absolute atomic E-state index is 11.9. The van der Waals surface area contributed by atoms with Gasteiger partial charge < -0.3 is 0 Å². The average Bonchev–Trinajstić information content (AvgIpc) is 2.94. The fourth-order valence-electron chi connectivity index (χ4n) is 3.42. The van der Waals surface area contributed by atoms with Crippen molar-refractivity contribution in [3.05, 3.63) is 54.1 Å². The van der Waals surface area contributed by atoms with Crippen LogP contribution in [-0.2, 0) is 10.2 Å². The van der Waals surface area contributed by atoms with E-state index < -0.39 is 0 Å². The molecule has 0 N–H and O–H groups in total. The van der Waals surface area contributed by atoms with Crippen LogP contribution in [0.1, 0.15) is 32.8 Å². The number of carbonyl (C=O) groups excluding carboxylic acids is 1. The van der Waals surface area contributed by atoms with Gasteiger partial charge in [-0.25, -0.2) is 0 Å². The van der Waals surface area contributed by atoms with Crippen LogP contribution in [0.2, 0.25) is 0 Å². The fraction of sp³-hybridized carbons (Fsp3) is 0.435. The van der Waals surface area contributed by atoms with Crippen molar-refractivity contribution in [2.45, 2.75) is 32.6 Å². The van der Waals surface area contributed by atoms with Gasteiger partial charge in [-0.2, -0.15) is 0 Å². The Morgan fingerprint density at radius 2 is 1.68 bits per heavy atom. The number of hydrogen-bond donors (Lipinski definition) is 0. The third kappa shape index (κ3) is 5.09. The molecule has 0 saturated carbocycles. The Bertz CT molecular complexity index is 799. The second-order valence-corrected chi connectivity index (χ2v) is 10.5. The summed E-state index contributed by atoms with van der Waals surface area (Å²) in [7, 11) is 1.45. The number of carbonyl (C=O) groups is 1. The third-order valence-electron chi connectivity index (χ3n) is 5.08. The van der Waals surface area contributed by atoms with Gasteiger partial charge in [0.2, 0.25) is 0 Å². The van der Waals surface area contributed by atoms with Crippen LogP contribution in [0.25, 0.3) is 0 Å². The zero-order valence-electron chi connectivity index (χ0n) is 17.3. The number of rotatable bonds is 3. The van der Waals surface area contributed by atoms with Gasteiger partial charge in [-0.1, -0.05) is 0 Å². The Morgan fingerprint density at radius 3 is 2.36 bits per heavy atom. The molecule has 150 valence electrons. The van der Waals surface area contributed by atoms with E-state index in [0.717, 1.165) is 26.1 Å². The molecule has 1 aliphatic heterocycles. The van der Waals surface area contributed by atoms with E-state index in [1.165, 1.54) is 27.3 Å². The molecular weight excluding hydrogens is 415 g/mol. The van der Waals surface area contributed by atoms with Crippen molar-refractivity contribution in [2.24, 2.45) is 0 Å². The molecule has 1 amide bonds. The Labute approximate surface area is 175 Å². The second kappa shape index (κ2) is 9.02. The van der Waals surface area contributed by atoms with Crippen molar-refractivity contribution < 1.29 is 9.53 Å². The molecule has 2 aromatic carbocycles. The second-order valence-electron chi connectivity index (χ2n) is 8.14. The van der Waals surface area contributed by atoms with Gasteiger partial charge >= 0.3 is 175 Å². The summed E-state index contributed by atoms with van der Waals surface area (Å²) in [4.78, 5) is 16.1. The van der Waals surface area contributed by atoms with Gasteiger partial charge in [-0.3, -0.25) is 0 Å². The number of benzene rings is 2. The Hall–Kier alpha value is -1.97. The number of nitrogens with zero attached hydrogens (tertiary/aromatic N) is 2. The van der Waals surface area contributed by atoms with E-state index in [0.29, 0.717) is 6.54 Å². The zero-order chi connectivity index (χ0) is 20.1. The van der Waals surface area contributed by atoms with Crippen molar-refractivity contribution in [3.8, 4) is 0 Å². The molecule has 2 aromatic rings. The molecule has 0 bridgehead atoms. The Balaban J connectivity index is 1.75. The van der Waals surface area contributed by atoms with Gasteiger partial charge in [0.05, 0.1) is 0 Å². The monoisotopic (exact) mass is 446 g/mol. The van der Waals surface area contributed by atoms with E-state index in [2.05, 4.69) is 74.2 Å². The molecule has 1 saturated heterocycles. The summed E-state index contributed by atoms with van der Waals surface area (Å²) < 4.78 is 7.68. The first-order chi connectivity index (χ1) is 13.4. The molecule has 0 atom stereocenters. The summed E-state index contributed by atoms with van der Waals surface area (Å²) >= 11 is 0.251. The Morgan fingerprint density at radius 1 is 0.964 bits per heavy atom. The average molecular weight is 445 g/mol. The summed E-state index contributed by atoms with van der Waals surface area (Å²) in [6.07, 6.45) is 0.731. The van der Waals surface area contributed by atoms with Gasteiger partial charge in [0.25, 0.3) is 0 Å². The van der Waals surface area contributed by atoms with Gasteiger partial charge in [0, 0.05) is 0 Å². The van der Waals surface area contributed by atoms with E-state index >= 15 is 0 Å². The molecule has 0 aromatic heterocycles. The van der Waals surface area contributed by atoms with Crippen molar-refractivity contribution in [1.29, 1.82) is 0 Å². The number of para-hydroxylation sites is 1. The summed E-state index contributed by atoms with van der Waals surface area (Å²) in [6, 6.07) is 17.8. The maximum atomic E-state index is 11.9. The number of ether oxygens (including phenoxy) is 1. The quantitative estimate of drug-likeness (QED) is 0.682. The summed E-state index contributed by atoms with van der Waals surface area (Å²) in [5.74, 6) is 0. The van der Waals surface area contributed by atoms with Crippen LogP contribution in [0.4, 0.5) is 10.5 Å². The van der Waals surface area contributed by atoms with Crippen LogP contribution in [0.5, 0.6) is 0 Å². The molecule has 1 aliphatic rings. The van der Waals surface area contributed by atoms with E-state index in [-0.39, 0.29) is 26.5 Å². The molecule has 1 fully saturated rings. The molecule has 0 aliphatic carbocycles. The van der Waals surface area contributed by atoms with E-state index in [1.54, 1.807) is 4.90 Å². The number of amides is 1. The van der Waals surface area contributed by atoms with E-state index in [9.17, 15) is 4.79 Å². The van der Waals surface area contributed by atoms with E-state index in [4.69, 9.17) is 4.74 Å². The SMILES string of the molecule is COC(=O)N1CCCN(c2ccccc2[Se]c2ccc(C(C)(C)C)cc2)CC1. The number of methoxy groups -OCH3 is 1.